The van der Waals surface area contributed by atoms with Crippen LogP contribution in [0.4, 0.5) is 0 Å². The first-order valence-corrected chi connectivity index (χ1v) is 9.52. The third-order valence-electron chi connectivity index (χ3n) is 3.43. The van der Waals surface area contributed by atoms with Crippen molar-refractivity contribution in [2.75, 3.05) is 0 Å². The summed E-state index contributed by atoms with van der Waals surface area (Å²) in [5.41, 5.74) is 1.29. The molecule has 2 aromatic carbocycles. The Morgan fingerprint density at radius 1 is 1.12 bits per heavy atom. The van der Waals surface area contributed by atoms with E-state index in [9.17, 15) is 13.2 Å². The Balaban J connectivity index is 1.86. The number of aryl methyl sites for hydroxylation is 1. The molecule has 0 bridgehead atoms. The topological polar surface area (TPSA) is 94.0 Å². The van der Waals surface area contributed by atoms with E-state index in [0.29, 0.717) is 10.7 Å². The van der Waals surface area contributed by atoms with Crippen molar-refractivity contribution in [2.45, 2.75) is 11.8 Å². The third-order valence-corrected chi connectivity index (χ3v) is 5.56. The maximum atomic E-state index is 12.3. The van der Waals surface area contributed by atoms with Gasteiger partial charge in [-0.2, -0.15) is 0 Å². The molecule has 1 amide bonds. The van der Waals surface area contributed by atoms with Crippen molar-refractivity contribution in [1.82, 2.24) is 19.7 Å². The summed E-state index contributed by atoms with van der Waals surface area (Å²) in [6, 6.07) is 11.1. The fourth-order valence-corrected chi connectivity index (χ4v) is 3.98. The van der Waals surface area contributed by atoms with Crippen molar-refractivity contribution in [2.24, 2.45) is 0 Å². The Morgan fingerprint density at radius 3 is 2.54 bits per heavy atom. The molecule has 0 saturated heterocycles. The SMILES string of the molecule is Cc1ccc(-n2cc(C(=O)NS(=O)(=O)c3ccccc3Cl)nn2)c(Cl)c1. The molecule has 0 aliphatic carbocycles. The largest absolute Gasteiger partial charge is 0.287 e. The molecule has 0 atom stereocenters. The molecule has 0 aliphatic rings. The number of nitrogens with one attached hydrogen (secondary N) is 1. The summed E-state index contributed by atoms with van der Waals surface area (Å²) >= 11 is 12.0. The first-order chi connectivity index (χ1) is 12.3. The highest BCUT2D eigenvalue weighted by molar-refractivity contribution is 7.90. The van der Waals surface area contributed by atoms with Crippen LogP contribution in [0.2, 0.25) is 10.0 Å². The predicted octanol–water partition coefficient (Wildman–Crippen LogP) is 3.00. The Labute approximate surface area is 159 Å². The molecule has 0 fully saturated rings. The lowest BCUT2D eigenvalue weighted by Crippen LogP contribution is -2.31. The summed E-state index contributed by atoms with van der Waals surface area (Å²) < 4.78 is 27.8. The molecule has 0 saturated carbocycles. The fraction of sp³-hybridized carbons (Fsp3) is 0.0625. The third kappa shape index (κ3) is 3.72. The monoisotopic (exact) mass is 410 g/mol. The van der Waals surface area contributed by atoms with E-state index in [0.717, 1.165) is 5.56 Å². The Kier molecular flexibility index (Phi) is 4.99. The molecule has 1 heterocycles. The highest BCUT2D eigenvalue weighted by atomic mass is 35.5. The van der Waals surface area contributed by atoms with Crippen LogP contribution >= 0.6 is 23.2 Å². The minimum atomic E-state index is -4.14. The number of rotatable bonds is 4. The smallest absolute Gasteiger partial charge is 0.266 e. The van der Waals surface area contributed by atoms with Crippen LogP contribution in [-0.4, -0.2) is 29.3 Å². The normalized spacial score (nSPS) is 11.3. The molecule has 1 N–H and O–H groups in total. The van der Waals surface area contributed by atoms with Crippen molar-refractivity contribution >= 4 is 39.1 Å². The molecule has 3 rings (SSSR count). The van der Waals surface area contributed by atoms with Crippen LogP contribution in [0.1, 0.15) is 16.1 Å². The summed E-state index contributed by atoms with van der Waals surface area (Å²) in [7, 11) is -4.14. The van der Waals surface area contributed by atoms with Crippen molar-refractivity contribution in [1.29, 1.82) is 0 Å². The van der Waals surface area contributed by atoms with E-state index in [1.807, 2.05) is 17.7 Å². The van der Waals surface area contributed by atoms with Gasteiger partial charge >= 0.3 is 0 Å². The van der Waals surface area contributed by atoms with E-state index in [1.54, 1.807) is 18.2 Å². The number of hydrogen-bond acceptors (Lipinski definition) is 5. The van der Waals surface area contributed by atoms with E-state index in [4.69, 9.17) is 23.2 Å². The van der Waals surface area contributed by atoms with Gasteiger partial charge in [-0.3, -0.25) is 4.79 Å². The molecular weight excluding hydrogens is 399 g/mol. The van der Waals surface area contributed by atoms with Crippen molar-refractivity contribution in [3.8, 4) is 5.69 Å². The Bertz CT molecular complexity index is 1100. The zero-order valence-electron chi connectivity index (χ0n) is 13.3. The molecule has 0 spiro atoms. The Morgan fingerprint density at radius 2 is 1.85 bits per heavy atom. The van der Waals surface area contributed by atoms with Crippen LogP contribution in [0.15, 0.2) is 53.6 Å². The van der Waals surface area contributed by atoms with Crippen LogP contribution in [0, 0.1) is 6.92 Å². The molecule has 10 heteroatoms. The Hall–Kier alpha value is -2.42. The van der Waals surface area contributed by atoms with E-state index >= 15 is 0 Å². The van der Waals surface area contributed by atoms with Gasteiger partial charge in [0.25, 0.3) is 15.9 Å². The molecule has 0 unspecified atom stereocenters. The summed E-state index contributed by atoms with van der Waals surface area (Å²) in [5, 5.41) is 7.94. The minimum Gasteiger partial charge on any atom is -0.266 e. The second kappa shape index (κ2) is 7.06. The first kappa shape index (κ1) is 18.4. The highest BCUT2D eigenvalue weighted by Crippen LogP contribution is 2.22. The summed E-state index contributed by atoms with van der Waals surface area (Å²) in [4.78, 5) is 12.0. The van der Waals surface area contributed by atoms with E-state index in [-0.39, 0.29) is 15.6 Å². The maximum absolute atomic E-state index is 12.3. The van der Waals surface area contributed by atoms with E-state index < -0.39 is 15.9 Å². The number of aromatic nitrogens is 3. The van der Waals surface area contributed by atoms with Crippen LogP contribution in [0.5, 0.6) is 0 Å². The predicted molar refractivity (Wildman–Crippen MR) is 97.2 cm³/mol. The van der Waals surface area contributed by atoms with Gasteiger partial charge in [-0.1, -0.05) is 46.6 Å². The van der Waals surface area contributed by atoms with Gasteiger partial charge in [0, 0.05) is 0 Å². The van der Waals surface area contributed by atoms with Gasteiger partial charge < -0.3 is 0 Å². The van der Waals surface area contributed by atoms with Crippen LogP contribution in [-0.2, 0) is 10.0 Å². The van der Waals surface area contributed by atoms with Crippen molar-refractivity contribution in [3.05, 3.63) is 70.0 Å². The second-order valence-corrected chi connectivity index (χ2v) is 7.83. The minimum absolute atomic E-state index is 0.00268. The molecule has 1 aromatic heterocycles. The van der Waals surface area contributed by atoms with E-state index in [1.165, 1.54) is 29.1 Å². The average Bonchev–Trinajstić information content (AvgIpc) is 3.04. The molecule has 0 aliphatic heterocycles. The van der Waals surface area contributed by atoms with Gasteiger partial charge in [0.15, 0.2) is 5.69 Å². The van der Waals surface area contributed by atoms with Gasteiger partial charge in [0.2, 0.25) is 0 Å². The maximum Gasteiger partial charge on any atom is 0.287 e. The van der Waals surface area contributed by atoms with Gasteiger partial charge in [-0.05, 0) is 36.8 Å². The average molecular weight is 411 g/mol. The molecule has 134 valence electrons. The number of amides is 1. The van der Waals surface area contributed by atoms with Gasteiger partial charge in [-0.25, -0.2) is 17.8 Å². The molecular formula is C16H12Cl2N4O3S. The van der Waals surface area contributed by atoms with Crippen LogP contribution < -0.4 is 4.72 Å². The van der Waals surface area contributed by atoms with Crippen molar-refractivity contribution < 1.29 is 13.2 Å². The second-order valence-electron chi connectivity index (χ2n) is 5.37. The zero-order chi connectivity index (χ0) is 18.9. The lowest BCUT2D eigenvalue weighted by molar-refractivity contribution is 0.0976. The number of hydrogen-bond donors (Lipinski definition) is 1. The molecule has 7 nitrogen and oxygen atoms in total. The van der Waals surface area contributed by atoms with Crippen molar-refractivity contribution in [3.63, 3.8) is 0 Å². The molecule has 3 aromatic rings. The standard InChI is InChI=1S/C16H12Cl2N4O3S/c1-10-6-7-14(12(18)8-10)22-9-13(19-21-22)16(23)20-26(24,25)15-5-3-2-4-11(15)17/h2-9H,1H3,(H,20,23). The zero-order valence-corrected chi connectivity index (χ0v) is 15.7. The summed E-state index contributed by atoms with van der Waals surface area (Å²) in [5.74, 6) is -0.931. The van der Waals surface area contributed by atoms with Crippen LogP contribution in [0.3, 0.4) is 0 Å². The quantitative estimate of drug-likeness (QED) is 0.713. The number of carbonyl (C=O) groups is 1. The van der Waals surface area contributed by atoms with E-state index in [2.05, 4.69) is 10.3 Å². The first-order valence-electron chi connectivity index (χ1n) is 7.28. The fourth-order valence-electron chi connectivity index (χ4n) is 2.18. The van der Waals surface area contributed by atoms with Crippen LogP contribution in [0.25, 0.3) is 5.69 Å². The van der Waals surface area contributed by atoms with Gasteiger partial charge in [-0.15, -0.1) is 5.10 Å². The number of sulfonamides is 1. The summed E-state index contributed by atoms with van der Waals surface area (Å²) in [6.45, 7) is 1.88. The van der Waals surface area contributed by atoms with Gasteiger partial charge in [0.1, 0.15) is 4.90 Å². The number of nitrogens with zero attached hydrogens (tertiary/aromatic N) is 3. The summed E-state index contributed by atoms with van der Waals surface area (Å²) in [6.07, 6.45) is 1.29. The lowest BCUT2D eigenvalue weighted by Gasteiger charge is -2.06. The van der Waals surface area contributed by atoms with Gasteiger partial charge in [0.05, 0.1) is 21.9 Å². The molecule has 0 radical (unpaired) electrons. The lowest BCUT2D eigenvalue weighted by atomic mass is 10.2. The highest BCUT2D eigenvalue weighted by Gasteiger charge is 2.23. The molecule has 26 heavy (non-hydrogen) atoms. The number of benzene rings is 2. The number of carbonyl (C=O) groups excluding carboxylic acids is 1. The number of halogens is 2.